The van der Waals surface area contributed by atoms with Crippen LogP contribution in [-0.2, 0) is 9.47 Å². The zero-order chi connectivity index (χ0) is 20.5. The number of ether oxygens (including phenoxy) is 2. The number of imide groups is 1. The van der Waals surface area contributed by atoms with Gasteiger partial charge in [0.25, 0.3) is 11.8 Å². The van der Waals surface area contributed by atoms with Crippen LogP contribution in [0.5, 0.6) is 0 Å². The number of benzene rings is 1. The molecule has 0 aliphatic carbocycles. The van der Waals surface area contributed by atoms with Crippen LogP contribution in [0.2, 0.25) is 4.34 Å². The maximum atomic E-state index is 12.7. The number of Topliss-reactive ketones (excluding diaryl/α,β-unsaturated/α-hetero) is 1. The number of thiophene rings is 1. The van der Waals surface area contributed by atoms with Crippen molar-refractivity contribution in [2.75, 3.05) is 19.8 Å². The Morgan fingerprint density at radius 2 is 1.97 bits per heavy atom. The average Bonchev–Trinajstić information content (AvgIpc) is 3.44. The number of carbonyl (C=O) groups is 4. The highest BCUT2D eigenvalue weighted by atomic mass is 35.5. The van der Waals surface area contributed by atoms with Gasteiger partial charge in [-0.3, -0.25) is 19.3 Å². The smallest absolute Gasteiger partial charge is 0.338 e. The summed E-state index contributed by atoms with van der Waals surface area (Å²) >= 11 is 6.89. The summed E-state index contributed by atoms with van der Waals surface area (Å²) < 4.78 is 11.0. The summed E-state index contributed by atoms with van der Waals surface area (Å²) in [7, 11) is 0. The molecule has 1 atom stereocenters. The van der Waals surface area contributed by atoms with Crippen LogP contribution in [0.4, 0.5) is 0 Å². The van der Waals surface area contributed by atoms with Crippen molar-refractivity contribution in [1.82, 2.24) is 4.90 Å². The van der Waals surface area contributed by atoms with Gasteiger partial charge < -0.3 is 9.47 Å². The van der Waals surface area contributed by atoms with Crippen molar-refractivity contribution in [2.45, 2.75) is 18.9 Å². The van der Waals surface area contributed by atoms with E-state index in [4.69, 9.17) is 21.1 Å². The van der Waals surface area contributed by atoms with Crippen molar-refractivity contribution in [3.8, 4) is 0 Å². The molecule has 1 saturated heterocycles. The number of ketones is 1. The van der Waals surface area contributed by atoms with Crippen molar-refractivity contribution in [2.24, 2.45) is 0 Å². The number of amides is 2. The van der Waals surface area contributed by atoms with Gasteiger partial charge in [0.05, 0.1) is 38.6 Å². The molecule has 2 aliphatic heterocycles. The standard InChI is InChI=1S/C20H16ClNO6S/c21-17-6-5-16(29-17)15(23)10-28-20(26)11-3-4-13-14(8-11)19(25)22(18(13)24)9-12-2-1-7-27-12/h3-6,8,12H,1-2,7,9-10H2. The van der Waals surface area contributed by atoms with Crippen LogP contribution in [0.3, 0.4) is 0 Å². The van der Waals surface area contributed by atoms with Crippen molar-refractivity contribution in [3.63, 3.8) is 0 Å². The molecule has 9 heteroatoms. The SMILES string of the molecule is O=C(OCC(=O)c1ccc(Cl)s1)c1ccc2c(c1)C(=O)N(CC1CCCO1)C2=O. The fraction of sp³-hybridized carbons (Fsp3) is 0.300. The second-order valence-electron chi connectivity index (χ2n) is 6.72. The molecule has 0 spiro atoms. The lowest BCUT2D eigenvalue weighted by atomic mass is 10.1. The van der Waals surface area contributed by atoms with Gasteiger partial charge in [-0.15, -0.1) is 11.3 Å². The van der Waals surface area contributed by atoms with Gasteiger partial charge in [0.2, 0.25) is 5.78 Å². The van der Waals surface area contributed by atoms with Crippen LogP contribution in [0.15, 0.2) is 30.3 Å². The molecular formula is C20H16ClNO6S. The second-order valence-corrected chi connectivity index (χ2v) is 8.43. The number of halogens is 1. The first-order valence-electron chi connectivity index (χ1n) is 9.01. The quantitative estimate of drug-likeness (QED) is 0.394. The molecule has 4 rings (SSSR count). The summed E-state index contributed by atoms with van der Waals surface area (Å²) in [5.74, 6) is -1.98. The van der Waals surface area contributed by atoms with Gasteiger partial charge in [-0.25, -0.2) is 4.79 Å². The average molecular weight is 434 g/mol. The summed E-state index contributed by atoms with van der Waals surface area (Å²) in [6.45, 7) is 0.384. The van der Waals surface area contributed by atoms with E-state index in [0.29, 0.717) is 15.8 Å². The first-order chi connectivity index (χ1) is 13.9. The third kappa shape index (κ3) is 3.96. The number of nitrogens with zero attached hydrogens (tertiary/aromatic N) is 1. The Morgan fingerprint density at radius 1 is 1.17 bits per heavy atom. The normalized spacial score (nSPS) is 18.2. The molecule has 2 amide bonds. The highest BCUT2D eigenvalue weighted by Crippen LogP contribution is 2.26. The number of carbonyl (C=O) groups excluding carboxylic acids is 4. The number of esters is 1. The van der Waals surface area contributed by atoms with Crippen LogP contribution in [-0.4, -0.2) is 54.3 Å². The highest BCUT2D eigenvalue weighted by molar-refractivity contribution is 7.18. The second kappa shape index (κ2) is 8.06. The minimum atomic E-state index is -0.748. The zero-order valence-electron chi connectivity index (χ0n) is 15.2. The van der Waals surface area contributed by atoms with Crippen LogP contribution >= 0.6 is 22.9 Å². The fourth-order valence-electron chi connectivity index (χ4n) is 3.33. The molecule has 1 unspecified atom stereocenters. The number of hydrogen-bond donors (Lipinski definition) is 0. The largest absolute Gasteiger partial charge is 0.454 e. The minimum absolute atomic E-state index is 0.0980. The highest BCUT2D eigenvalue weighted by Gasteiger charge is 2.38. The summed E-state index contributed by atoms with van der Waals surface area (Å²) in [5.41, 5.74) is 0.494. The predicted octanol–water partition coefficient (Wildman–Crippen LogP) is 3.22. The first kappa shape index (κ1) is 19.8. The molecule has 1 fully saturated rings. The summed E-state index contributed by atoms with van der Waals surface area (Å²) in [6, 6.07) is 7.33. The van der Waals surface area contributed by atoms with Crippen LogP contribution < -0.4 is 0 Å². The van der Waals surface area contributed by atoms with Crippen LogP contribution in [0.1, 0.15) is 53.6 Å². The van der Waals surface area contributed by atoms with E-state index in [9.17, 15) is 19.2 Å². The Kier molecular flexibility index (Phi) is 5.49. The maximum Gasteiger partial charge on any atom is 0.338 e. The fourth-order valence-corrected chi connectivity index (χ4v) is 4.29. The van der Waals surface area contributed by atoms with E-state index in [1.165, 1.54) is 18.2 Å². The lowest BCUT2D eigenvalue weighted by molar-refractivity contribution is 0.0474. The summed E-state index contributed by atoms with van der Waals surface area (Å²) in [5, 5.41) is 0. The summed E-state index contributed by atoms with van der Waals surface area (Å²) in [6.07, 6.45) is 1.55. The van der Waals surface area contributed by atoms with E-state index in [2.05, 4.69) is 0 Å². The molecule has 2 aliphatic rings. The van der Waals surface area contributed by atoms with Gasteiger partial charge in [-0.2, -0.15) is 0 Å². The predicted molar refractivity (Wildman–Crippen MR) is 105 cm³/mol. The molecule has 2 aromatic rings. The van der Waals surface area contributed by atoms with E-state index < -0.39 is 24.4 Å². The van der Waals surface area contributed by atoms with Crippen molar-refractivity contribution >= 4 is 46.5 Å². The molecule has 0 radical (unpaired) electrons. The monoisotopic (exact) mass is 433 g/mol. The number of fused-ring (bicyclic) bond motifs is 1. The van der Waals surface area contributed by atoms with Gasteiger partial charge in [0, 0.05) is 6.61 Å². The molecule has 0 bridgehead atoms. The topological polar surface area (TPSA) is 90.0 Å². The molecule has 1 aromatic carbocycles. The Morgan fingerprint density at radius 3 is 2.66 bits per heavy atom. The number of rotatable bonds is 6. The molecule has 29 heavy (non-hydrogen) atoms. The minimum Gasteiger partial charge on any atom is -0.454 e. The molecule has 3 heterocycles. The van der Waals surface area contributed by atoms with Gasteiger partial charge in [0.1, 0.15) is 0 Å². The van der Waals surface area contributed by atoms with Crippen molar-refractivity contribution in [3.05, 3.63) is 56.2 Å². The molecule has 7 nitrogen and oxygen atoms in total. The molecule has 1 aromatic heterocycles. The molecular weight excluding hydrogens is 418 g/mol. The van der Waals surface area contributed by atoms with E-state index >= 15 is 0 Å². The lowest BCUT2D eigenvalue weighted by Gasteiger charge is -2.17. The Balaban J connectivity index is 1.44. The van der Waals surface area contributed by atoms with Gasteiger partial charge in [0.15, 0.2) is 6.61 Å². The van der Waals surface area contributed by atoms with Gasteiger partial charge in [-0.1, -0.05) is 11.6 Å². The van der Waals surface area contributed by atoms with E-state index in [1.807, 2.05) is 0 Å². The maximum absolute atomic E-state index is 12.7. The number of hydrogen-bond acceptors (Lipinski definition) is 7. The van der Waals surface area contributed by atoms with Crippen molar-refractivity contribution < 1.29 is 28.7 Å². The molecule has 150 valence electrons. The van der Waals surface area contributed by atoms with E-state index in [0.717, 1.165) is 29.1 Å². The van der Waals surface area contributed by atoms with Gasteiger partial charge >= 0.3 is 5.97 Å². The molecule has 0 N–H and O–H groups in total. The van der Waals surface area contributed by atoms with Crippen LogP contribution in [0, 0.1) is 0 Å². The van der Waals surface area contributed by atoms with Gasteiger partial charge in [-0.05, 0) is 43.2 Å². The molecule has 0 saturated carbocycles. The summed E-state index contributed by atoms with van der Waals surface area (Å²) in [4.78, 5) is 51.1. The Bertz CT molecular complexity index is 1010. The third-order valence-corrected chi connectivity index (χ3v) is 6.07. The van der Waals surface area contributed by atoms with Crippen LogP contribution in [0.25, 0.3) is 0 Å². The Labute approximate surface area is 175 Å². The zero-order valence-corrected chi connectivity index (χ0v) is 16.8. The van der Waals surface area contributed by atoms with E-state index in [-0.39, 0.29) is 35.1 Å². The van der Waals surface area contributed by atoms with Crippen molar-refractivity contribution in [1.29, 1.82) is 0 Å². The van der Waals surface area contributed by atoms with E-state index in [1.54, 1.807) is 12.1 Å². The Hall–Kier alpha value is -2.55. The lowest BCUT2D eigenvalue weighted by Crippen LogP contribution is -2.36. The first-order valence-corrected chi connectivity index (χ1v) is 10.2. The third-order valence-electron chi connectivity index (χ3n) is 4.80.